The topological polar surface area (TPSA) is 140 Å². The van der Waals surface area contributed by atoms with Crippen molar-refractivity contribution in [2.24, 2.45) is 0 Å². The zero-order chi connectivity index (χ0) is 27.9. The number of nitrogens with zero attached hydrogens (tertiary/aromatic N) is 6. The minimum absolute atomic E-state index is 0.138. The van der Waals surface area contributed by atoms with Gasteiger partial charge in [0.15, 0.2) is 23.0 Å². The monoisotopic (exact) mass is 552 g/mol. The molecule has 0 saturated carbocycles. The van der Waals surface area contributed by atoms with Gasteiger partial charge in [-0.25, -0.2) is 19.3 Å². The standard InChI is InChI=1S/C28H21FN8O4/c1-14-22-25(37(35-14)26-23-24(31-12-30-23)32-13-33-26)34-21(38)10-28(22)17-8-19-20(41-7-6-40-19)9-18(17)36(27(28)39)11-15-2-4-16(29)5-3-15/h2-5,8-9,12-13H,6-7,10-11H2,1H3,(H,34,38)(H,30,31,32,33)/t28-/m0/s1. The summed E-state index contributed by atoms with van der Waals surface area (Å²) in [6, 6.07) is 9.56. The molecule has 0 unspecified atom stereocenters. The molecule has 3 aromatic heterocycles. The lowest BCUT2D eigenvalue weighted by Gasteiger charge is -2.33. The highest BCUT2D eigenvalue weighted by Crippen LogP contribution is 2.56. The first-order valence-corrected chi connectivity index (χ1v) is 13.0. The van der Waals surface area contributed by atoms with Crippen LogP contribution in [0.3, 0.4) is 0 Å². The number of hydrogen-bond acceptors (Lipinski definition) is 8. The van der Waals surface area contributed by atoms with Crippen molar-refractivity contribution in [3.8, 4) is 17.3 Å². The Hall–Kier alpha value is -5.33. The number of ether oxygens (including phenoxy) is 2. The molecule has 0 saturated heterocycles. The van der Waals surface area contributed by atoms with E-state index in [4.69, 9.17) is 14.6 Å². The number of benzene rings is 2. The van der Waals surface area contributed by atoms with Crippen molar-refractivity contribution in [2.45, 2.75) is 25.3 Å². The Balaban J connectivity index is 1.37. The van der Waals surface area contributed by atoms with Crippen LogP contribution >= 0.6 is 0 Å². The summed E-state index contributed by atoms with van der Waals surface area (Å²) in [7, 11) is 0. The molecule has 5 aromatic rings. The Morgan fingerprint density at radius 2 is 1.83 bits per heavy atom. The highest BCUT2D eigenvalue weighted by molar-refractivity contribution is 6.16. The predicted molar refractivity (Wildman–Crippen MR) is 143 cm³/mol. The van der Waals surface area contributed by atoms with E-state index in [9.17, 15) is 14.0 Å². The molecule has 1 spiro atoms. The van der Waals surface area contributed by atoms with Crippen molar-refractivity contribution in [2.75, 3.05) is 23.4 Å². The maximum Gasteiger partial charge on any atom is 0.243 e. The Morgan fingerprint density at radius 3 is 2.63 bits per heavy atom. The molecule has 2 N–H and O–H groups in total. The van der Waals surface area contributed by atoms with E-state index in [1.807, 2.05) is 0 Å². The predicted octanol–water partition coefficient (Wildman–Crippen LogP) is 2.93. The molecule has 12 nitrogen and oxygen atoms in total. The Labute approximate surface area is 231 Å². The zero-order valence-corrected chi connectivity index (χ0v) is 21.6. The molecule has 6 heterocycles. The summed E-state index contributed by atoms with van der Waals surface area (Å²) in [6.45, 7) is 2.71. The van der Waals surface area contributed by atoms with Crippen LogP contribution in [0.4, 0.5) is 15.9 Å². The molecule has 0 radical (unpaired) electrons. The summed E-state index contributed by atoms with van der Waals surface area (Å²) in [5.74, 6) is 0.707. The second kappa shape index (κ2) is 8.34. The summed E-state index contributed by atoms with van der Waals surface area (Å²) >= 11 is 0. The molecule has 0 aliphatic carbocycles. The van der Waals surface area contributed by atoms with Gasteiger partial charge in [-0.1, -0.05) is 12.1 Å². The second-order valence-corrected chi connectivity index (χ2v) is 10.2. The second-order valence-electron chi connectivity index (χ2n) is 10.2. The summed E-state index contributed by atoms with van der Waals surface area (Å²) in [6.07, 6.45) is 2.73. The third-order valence-corrected chi connectivity index (χ3v) is 7.85. The largest absolute Gasteiger partial charge is 0.486 e. The van der Waals surface area contributed by atoms with Gasteiger partial charge in [0, 0.05) is 23.6 Å². The molecule has 8 rings (SSSR count). The van der Waals surface area contributed by atoms with Crippen molar-refractivity contribution in [1.29, 1.82) is 0 Å². The smallest absolute Gasteiger partial charge is 0.243 e. The van der Waals surface area contributed by atoms with E-state index in [0.717, 1.165) is 5.56 Å². The third-order valence-electron chi connectivity index (χ3n) is 7.85. The normalized spacial score (nSPS) is 19.0. The number of imidazole rings is 1. The number of anilines is 2. The molecular formula is C28H21FN8O4. The first-order chi connectivity index (χ1) is 19.9. The molecule has 0 fully saturated rings. The van der Waals surface area contributed by atoms with Gasteiger partial charge in [-0.05, 0) is 30.7 Å². The quantitative estimate of drug-likeness (QED) is 0.348. The average Bonchev–Trinajstić information content (AvgIpc) is 3.64. The van der Waals surface area contributed by atoms with E-state index in [2.05, 4.69) is 25.3 Å². The molecule has 3 aliphatic heterocycles. The highest BCUT2D eigenvalue weighted by atomic mass is 19.1. The Kier molecular flexibility index (Phi) is 4.79. The molecule has 3 aliphatic rings. The van der Waals surface area contributed by atoms with Gasteiger partial charge in [0.1, 0.15) is 42.1 Å². The van der Waals surface area contributed by atoms with Gasteiger partial charge in [0.05, 0.1) is 24.3 Å². The average molecular weight is 553 g/mol. The first-order valence-electron chi connectivity index (χ1n) is 13.0. The Morgan fingerprint density at radius 1 is 1.05 bits per heavy atom. The number of rotatable bonds is 3. The number of hydrogen-bond donors (Lipinski definition) is 2. The SMILES string of the molecule is Cc1nn(-c2ncnc3nc[nH]c23)c2c1[C@@]1(CC(=O)N2)C(=O)N(Cc2ccc(F)cc2)c2cc3c(cc21)OCCO3. The number of aryl methyl sites for hydroxylation is 1. The van der Waals surface area contributed by atoms with E-state index in [1.54, 1.807) is 36.1 Å². The van der Waals surface area contributed by atoms with Gasteiger partial charge < -0.3 is 24.7 Å². The summed E-state index contributed by atoms with van der Waals surface area (Å²) in [4.78, 5) is 45.6. The fourth-order valence-electron chi connectivity index (χ4n) is 6.17. The third kappa shape index (κ3) is 3.25. The van der Waals surface area contributed by atoms with Crippen LogP contribution in [0.2, 0.25) is 0 Å². The number of aromatic amines is 1. The van der Waals surface area contributed by atoms with E-state index in [-0.39, 0.29) is 30.6 Å². The van der Waals surface area contributed by atoms with Gasteiger partial charge in [0.2, 0.25) is 11.8 Å². The maximum absolute atomic E-state index is 14.7. The number of carbonyl (C=O) groups excluding carboxylic acids is 2. The summed E-state index contributed by atoms with van der Waals surface area (Å²) < 4.78 is 26.9. The van der Waals surface area contributed by atoms with Crippen LogP contribution in [-0.4, -0.2) is 54.7 Å². The lowest BCUT2D eigenvalue weighted by molar-refractivity contribution is -0.126. The van der Waals surface area contributed by atoms with Gasteiger partial charge in [-0.3, -0.25) is 9.59 Å². The highest BCUT2D eigenvalue weighted by Gasteiger charge is 2.58. The molecule has 0 bridgehead atoms. The van der Waals surface area contributed by atoms with E-state index in [1.165, 1.54) is 29.5 Å². The van der Waals surface area contributed by atoms with Crippen LogP contribution in [0, 0.1) is 12.7 Å². The number of carbonyl (C=O) groups is 2. The van der Waals surface area contributed by atoms with Crippen LogP contribution in [0.1, 0.15) is 28.8 Å². The van der Waals surface area contributed by atoms with Crippen molar-refractivity contribution in [3.63, 3.8) is 0 Å². The van der Waals surface area contributed by atoms with E-state index >= 15 is 0 Å². The van der Waals surface area contributed by atoms with Gasteiger partial charge in [-0.2, -0.15) is 9.78 Å². The molecule has 2 aromatic carbocycles. The fraction of sp³-hybridized carbons (Fsp3) is 0.214. The number of fused-ring (bicyclic) bond motifs is 6. The first kappa shape index (κ1) is 23.5. The van der Waals surface area contributed by atoms with Crippen molar-refractivity contribution < 1.29 is 23.5 Å². The van der Waals surface area contributed by atoms with Gasteiger partial charge in [0.25, 0.3) is 0 Å². The molecular weight excluding hydrogens is 531 g/mol. The fourth-order valence-corrected chi connectivity index (χ4v) is 6.17. The summed E-state index contributed by atoms with van der Waals surface area (Å²) in [5, 5.41) is 7.69. The van der Waals surface area contributed by atoms with E-state index in [0.29, 0.717) is 70.0 Å². The van der Waals surface area contributed by atoms with Gasteiger partial charge in [-0.15, -0.1) is 0 Å². The van der Waals surface area contributed by atoms with E-state index < -0.39 is 5.41 Å². The molecule has 41 heavy (non-hydrogen) atoms. The van der Waals surface area contributed by atoms with Crippen LogP contribution in [-0.2, 0) is 21.5 Å². The molecule has 13 heteroatoms. The van der Waals surface area contributed by atoms with Crippen molar-refractivity contribution in [1.82, 2.24) is 29.7 Å². The van der Waals surface area contributed by atoms with Gasteiger partial charge >= 0.3 is 0 Å². The molecule has 204 valence electrons. The summed E-state index contributed by atoms with van der Waals surface area (Å²) in [5.41, 5.74) is 2.61. The molecule has 1 atom stereocenters. The van der Waals surface area contributed by atoms with Crippen LogP contribution in [0.5, 0.6) is 11.5 Å². The van der Waals surface area contributed by atoms with Crippen LogP contribution < -0.4 is 19.7 Å². The number of H-pyrrole nitrogens is 1. The number of nitrogens with one attached hydrogen (secondary N) is 2. The zero-order valence-electron chi connectivity index (χ0n) is 21.6. The lowest BCUT2D eigenvalue weighted by Crippen LogP contribution is -2.46. The van der Waals surface area contributed by atoms with Crippen molar-refractivity contribution in [3.05, 3.63) is 77.3 Å². The number of aromatic nitrogens is 6. The maximum atomic E-state index is 14.7. The minimum atomic E-state index is -1.40. The Bertz CT molecular complexity index is 1920. The number of halogens is 1. The van der Waals surface area contributed by atoms with Crippen molar-refractivity contribution >= 4 is 34.5 Å². The minimum Gasteiger partial charge on any atom is -0.486 e. The van der Waals surface area contributed by atoms with Crippen LogP contribution in [0.15, 0.2) is 49.1 Å². The number of amides is 2. The lowest BCUT2D eigenvalue weighted by atomic mass is 9.70. The van der Waals surface area contributed by atoms with Crippen LogP contribution in [0.25, 0.3) is 17.0 Å². The molecule has 2 amide bonds.